The summed E-state index contributed by atoms with van der Waals surface area (Å²) in [4.78, 5) is 0. The third kappa shape index (κ3) is 2.94. The van der Waals surface area contributed by atoms with Crippen LogP contribution in [-0.4, -0.2) is 19.6 Å². The highest BCUT2D eigenvalue weighted by atomic mass is 15.3. The van der Waals surface area contributed by atoms with E-state index in [0.717, 1.165) is 47.1 Å². The number of hydrogen-bond acceptors (Lipinski definition) is 4. The quantitative estimate of drug-likeness (QED) is 0.533. The van der Waals surface area contributed by atoms with Gasteiger partial charge in [0.25, 0.3) is 0 Å². The van der Waals surface area contributed by atoms with Gasteiger partial charge in [-0.2, -0.15) is 15.5 Å². The first-order valence-corrected chi connectivity index (χ1v) is 10.6. The van der Waals surface area contributed by atoms with Gasteiger partial charge in [0, 0.05) is 11.1 Å². The van der Waals surface area contributed by atoms with E-state index in [-0.39, 0.29) is 6.04 Å². The second-order valence-electron chi connectivity index (χ2n) is 8.35. The summed E-state index contributed by atoms with van der Waals surface area (Å²) in [5.41, 5.74) is 6.50. The lowest BCUT2D eigenvalue weighted by atomic mass is 9.86. The van der Waals surface area contributed by atoms with Gasteiger partial charge in [-0.15, -0.1) is 0 Å². The molecule has 2 aromatic heterocycles. The number of fused-ring (bicyclic) bond motifs is 2. The average molecular weight is 394 g/mol. The third-order valence-corrected chi connectivity index (χ3v) is 6.25. The smallest absolute Gasteiger partial charge is 0.103 e. The van der Waals surface area contributed by atoms with Gasteiger partial charge in [0.1, 0.15) is 5.69 Å². The number of aryl methyl sites for hydroxylation is 1. The van der Waals surface area contributed by atoms with E-state index in [2.05, 4.69) is 56.7 Å². The van der Waals surface area contributed by atoms with Crippen molar-refractivity contribution in [3.63, 3.8) is 0 Å². The van der Waals surface area contributed by atoms with E-state index in [4.69, 9.17) is 0 Å². The molecule has 6 nitrogen and oxygen atoms in total. The number of anilines is 1. The van der Waals surface area contributed by atoms with Crippen molar-refractivity contribution in [2.45, 2.75) is 44.2 Å². The van der Waals surface area contributed by atoms with Crippen molar-refractivity contribution in [2.24, 2.45) is 0 Å². The summed E-state index contributed by atoms with van der Waals surface area (Å²) < 4.78 is 4.03. The molecule has 0 radical (unpaired) electrons. The summed E-state index contributed by atoms with van der Waals surface area (Å²) in [5, 5.41) is 23.2. The van der Waals surface area contributed by atoms with E-state index in [1.165, 1.54) is 24.0 Å². The lowest BCUT2D eigenvalue weighted by molar-refractivity contribution is 0.600. The van der Waals surface area contributed by atoms with Gasteiger partial charge in [0.05, 0.1) is 47.8 Å². The minimum absolute atomic E-state index is 0.257. The van der Waals surface area contributed by atoms with Crippen molar-refractivity contribution < 1.29 is 0 Å². The molecular formula is C24H22N6. The van der Waals surface area contributed by atoms with Crippen molar-refractivity contribution >= 4 is 16.6 Å². The molecule has 1 atom stereocenters. The molecule has 0 aliphatic heterocycles. The predicted molar refractivity (Wildman–Crippen MR) is 116 cm³/mol. The first-order chi connectivity index (χ1) is 14.8. The molecule has 2 aliphatic carbocycles. The summed E-state index contributed by atoms with van der Waals surface area (Å²) in [6.45, 7) is 0. The lowest BCUT2D eigenvalue weighted by Crippen LogP contribution is -2.17. The molecule has 1 fully saturated rings. The van der Waals surface area contributed by atoms with Crippen molar-refractivity contribution in [3.8, 4) is 11.8 Å². The zero-order valence-corrected chi connectivity index (χ0v) is 16.6. The van der Waals surface area contributed by atoms with Crippen LogP contribution >= 0.6 is 0 Å². The lowest BCUT2D eigenvalue weighted by Gasteiger charge is -2.27. The Kier molecular flexibility index (Phi) is 3.88. The van der Waals surface area contributed by atoms with Gasteiger partial charge >= 0.3 is 0 Å². The number of benzene rings is 2. The van der Waals surface area contributed by atoms with Crippen molar-refractivity contribution in [3.05, 3.63) is 71.7 Å². The largest absolute Gasteiger partial charge is 0.378 e. The molecule has 148 valence electrons. The summed E-state index contributed by atoms with van der Waals surface area (Å²) in [7, 11) is 0. The standard InChI is InChI=1S/C24H22N6/c25-12-16-4-9-22-17(10-16)2-1-3-23(22)28-19-6-5-18-13-27-30(24(18)11-19)21-14-26-29(15-21)20-7-8-20/h4-6,9-11,13-15,20,23,28H,1-3,7-8H2/t23-/m0/s1. The first-order valence-electron chi connectivity index (χ1n) is 10.6. The summed E-state index contributed by atoms with van der Waals surface area (Å²) in [6, 6.07) is 15.6. The molecule has 0 saturated heterocycles. The minimum Gasteiger partial charge on any atom is -0.378 e. The highest BCUT2D eigenvalue weighted by Gasteiger charge is 2.25. The maximum atomic E-state index is 9.20. The van der Waals surface area contributed by atoms with Gasteiger partial charge < -0.3 is 5.32 Å². The molecule has 6 rings (SSSR count). The van der Waals surface area contributed by atoms with Gasteiger partial charge in [-0.25, -0.2) is 4.68 Å². The highest BCUT2D eigenvalue weighted by molar-refractivity contribution is 5.83. The number of hydrogen-bond donors (Lipinski definition) is 1. The zero-order valence-electron chi connectivity index (χ0n) is 16.6. The van der Waals surface area contributed by atoms with Gasteiger partial charge in [-0.1, -0.05) is 6.07 Å². The van der Waals surface area contributed by atoms with Crippen LogP contribution < -0.4 is 5.32 Å². The number of rotatable bonds is 4. The summed E-state index contributed by atoms with van der Waals surface area (Å²) >= 11 is 0. The molecule has 0 bridgehead atoms. The molecule has 0 spiro atoms. The Morgan fingerprint density at radius 2 is 1.97 bits per heavy atom. The molecule has 2 aliphatic rings. The topological polar surface area (TPSA) is 71.5 Å². The average Bonchev–Trinajstić information content (AvgIpc) is 3.36. The normalized spacial score (nSPS) is 18.2. The first kappa shape index (κ1) is 17.3. The fourth-order valence-corrected chi connectivity index (χ4v) is 4.53. The monoisotopic (exact) mass is 394 g/mol. The van der Waals surface area contributed by atoms with Crippen LogP contribution in [-0.2, 0) is 6.42 Å². The third-order valence-electron chi connectivity index (χ3n) is 6.25. The molecule has 1 N–H and O–H groups in total. The Hall–Kier alpha value is -3.59. The maximum Gasteiger partial charge on any atom is 0.103 e. The van der Waals surface area contributed by atoms with E-state index >= 15 is 0 Å². The second-order valence-corrected chi connectivity index (χ2v) is 8.35. The van der Waals surface area contributed by atoms with E-state index in [9.17, 15) is 5.26 Å². The maximum absolute atomic E-state index is 9.20. The molecule has 4 aromatic rings. The van der Waals surface area contributed by atoms with Crippen LogP contribution in [0.2, 0.25) is 0 Å². The van der Waals surface area contributed by atoms with Gasteiger partial charge in [-0.05, 0) is 73.6 Å². The fourth-order valence-electron chi connectivity index (χ4n) is 4.53. The van der Waals surface area contributed by atoms with Crippen LogP contribution in [0.15, 0.2) is 55.0 Å². The van der Waals surface area contributed by atoms with E-state index in [1.807, 2.05) is 29.2 Å². The number of aromatic nitrogens is 4. The predicted octanol–water partition coefficient (Wildman–Crippen LogP) is 4.92. The molecular weight excluding hydrogens is 372 g/mol. The molecule has 2 aromatic carbocycles. The molecule has 2 heterocycles. The SMILES string of the molecule is N#Cc1ccc2c(c1)CCC[C@@H]2Nc1ccc2cnn(-c3cnn(C4CC4)c3)c2c1. The van der Waals surface area contributed by atoms with Crippen LogP contribution in [0.5, 0.6) is 0 Å². The molecule has 30 heavy (non-hydrogen) atoms. The van der Waals surface area contributed by atoms with Crippen LogP contribution in [0.3, 0.4) is 0 Å². The number of nitrogens with one attached hydrogen (secondary N) is 1. The van der Waals surface area contributed by atoms with Gasteiger partial charge in [0.2, 0.25) is 0 Å². The summed E-state index contributed by atoms with van der Waals surface area (Å²) in [6.07, 6.45) is 11.6. The Morgan fingerprint density at radius 3 is 2.83 bits per heavy atom. The number of nitriles is 1. The van der Waals surface area contributed by atoms with Crippen molar-refractivity contribution in [1.29, 1.82) is 5.26 Å². The van der Waals surface area contributed by atoms with Crippen molar-refractivity contribution in [2.75, 3.05) is 5.32 Å². The summed E-state index contributed by atoms with van der Waals surface area (Å²) in [5.74, 6) is 0. The number of nitrogens with zero attached hydrogens (tertiary/aromatic N) is 5. The Balaban J connectivity index is 1.32. The Morgan fingerprint density at radius 1 is 1.03 bits per heavy atom. The van der Waals surface area contributed by atoms with Crippen LogP contribution in [0.4, 0.5) is 5.69 Å². The van der Waals surface area contributed by atoms with Crippen molar-refractivity contribution in [1.82, 2.24) is 19.6 Å². The minimum atomic E-state index is 0.257. The Labute approximate surface area is 174 Å². The van der Waals surface area contributed by atoms with Gasteiger partial charge in [0.15, 0.2) is 0 Å². The molecule has 0 amide bonds. The van der Waals surface area contributed by atoms with Crippen LogP contribution in [0.25, 0.3) is 16.6 Å². The van der Waals surface area contributed by atoms with Crippen LogP contribution in [0.1, 0.15) is 54.5 Å². The van der Waals surface area contributed by atoms with E-state index in [0.29, 0.717) is 6.04 Å². The highest BCUT2D eigenvalue weighted by Crippen LogP contribution is 2.35. The molecule has 6 heteroatoms. The Bertz CT molecular complexity index is 1290. The van der Waals surface area contributed by atoms with Crippen LogP contribution in [0, 0.1) is 11.3 Å². The zero-order chi connectivity index (χ0) is 20.1. The van der Waals surface area contributed by atoms with E-state index < -0.39 is 0 Å². The second kappa shape index (κ2) is 6.74. The molecule has 0 unspecified atom stereocenters. The fraction of sp³-hybridized carbons (Fsp3) is 0.292. The van der Waals surface area contributed by atoms with Gasteiger partial charge in [-0.3, -0.25) is 4.68 Å². The van der Waals surface area contributed by atoms with E-state index in [1.54, 1.807) is 0 Å². The molecule has 1 saturated carbocycles.